The second-order valence-electron chi connectivity index (χ2n) is 5.31. The summed E-state index contributed by atoms with van der Waals surface area (Å²) in [7, 11) is 0. The molecule has 1 saturated heterocycles. The van der Waals surface area contributed by atoms with Crippen molar-refractivity contribution in [3.63, 3.8) is 0 Å². The summed E-state index contributed by atoms with van der Waals surface area (Å²) in [5, 5.41) is 0. The van der Waals surface area contributed by atoms with E-state index in [1.54, 1.807) is 0 Å². The molecule has 0 spiro atoms. The Morgan fingerprint density at radius 3 is 2.32 bits per heavy atom. The molecule has 1 saturated carbocycles. The van der Waals surface area contributed by atoms with Gasteiger partial charge in [0, 0.05) is 38.4 Å². The number of carbonyl (C=O) groups is 3. The summed E-state index contributed by atoms with van der Waals surface area (Å²) in [6, 6.07) is 0.363. The molecule has 0 bridgehead atoms. The van der Waals surface area contributed by atoms with Crippen molar-refractivity contribution in [2.24, 2.45) is 0 Å². The van der Waals surface area contributed by atoms with Gasteiger partial charge in [0.25, 0.3) is 0 Å². The highest BCUT2D eigenvalue weighted by atomic mass is 16.2. The molecule has 1 heterocycles. The Morgan fingerprint density at radius 2 is 1.79 bits per heavy atom. The normalized spacial score (nSPS) is 20.4. The van der Waals surface area contributed by atoms with Crippen molar-refractivity contribution >= 4 is 17.7 Å². The minimum Gasteiger partial charge on any atom is -0.340 e. The first-order valence-corrected chi connectivity index (χ1v) is 7.26. The minimum absolute atomic E-state index is 0.0712. The molecule has 0 aromatic rings. The molecule has 1 aliphatic heterocycles. The fourth-order valence-corrected chi connectivity index (χ4v) is 3.08. The molecule has 106 valence electrons. The monoisotopic (exact) mass is 266 g/mol. The number of nitrogens with zero attached hydrogens (tertiary/aromatic N) is 2. The maximum Gasteiger partial charge on any atom is 0.229 e. The van der Waals surface area contributed by atoms with Crippen LogP contribution in [0.15, 0.2) is 0 Å². The average Bonchev–Trinajstić information content (AvgIpc) is 3.00. The highest BCUT2D eigenvalue weighted by Gasteiger charge is 2.30. The maximum absolute atomic E-state index is 12.2. The van der Waals surface area contributed by atoms with E-state index in [9.17, 15) is 14.4 Å². The lowest BCUT2D eigenvalue weighted by Crippen LogP contribution is -2.41. The third-order valence-corrected chi connectivity index (χ3v) is 4.13. The van der Waals surface area contributed by atoms with E-state index < -0.39 is 0 Å². The van der Waals surface area contributed by atoms with Gasteiger partial charge in [0.2, 0.25) is 17.7 Å². The van der Waals surface area contributed by atoms with Gasteiger partial charge >= 0.3 is 0 Å². The van der Waals surface area contributed by atoms with Crippen LogP contribution in [0.3, 0.4) is 0 Å². The third-order valence-electron chi connectivity index (χ3n) is 4.13. The van der Waals surface area contributed by atoms with Gasteiger partial charge < -0.3 is 4.90 Å². The van der Waals surface area contributed by atoms with Crippen LogP contribution in [0.5, 0.6) is 0 Å². The Balaban J connectivity index is 1.85. The smallest absolute Gasteiger partial charge is 0.229 e. The van der Waals surface area contributed by atoms with E-state index in [4.69, 9.17) is 0 Å². The zero-order valence-corrected chi connectivity index (χ0v) is 11.6. The number of likely N-dealkylation sites (tertiary alicyclic amines) is 1. The van der Waals surface area contributed by atoms with Gasteiger partial charge in [-0.05, 0) is 19.8 Å². The lowest BCUT2D eigenvalue weighted by molar-refractivity contribution is -0.139. The van der Waals surface area contributed by atoms with Crippen molar-refractivity contribution in [1.29, 1.82) is 0 Å². The Labute approximate surface area is 113 Å². The van der Waals surface area contributed by atoms with Crippen LogP contribution in [0.25, 0.3) is 0 Å². The van der Waals surface area contributed by atoms with Crippen LogP contribution in [0.4, 0.5) is 0 Å². The Kier molecular flexibility index (Phi) is 4.56. The van der Waals surface area contributed by atoms with Crippen molar-refractivity contribution in [3.8, 4) is 0 Å². The number of rotatable bonds is 5. The highest BCUT2D eigenvalue weighted by Crippen LogP contribution is 2.24. The molecule has 0 radical (unpaired) electrons. The maximum atomic E-state index is 12.2. The molecule has 0 unspecified atom stereocenters. The quantitative estimate of drug-likeness (QED) is 0.705. The molecule has 19 heavy (non-hydrogen) atoms. The Morgan fingerprint density at radius 1 is 1.21 bits per heavy atom. The highest BCUT2D eigenvalue weighted by molar-refractivity contribution is 6.02. The summed E-state index contributed by atoms with van der Waals surface area (Å²) in [4.78, 5) is 38.3. The lowest BCUT2D eigenvalue weighted by Gasteiger charge is -2.28. The average molecular weight is 266 g/mol. The first-order chi connectivity index (χ1) is 9.13. The van der Waals surface area contributed by atoms with Gasteiger partial charge in [-0.15, -0.1) is 0 Å². The number of hydrogen-bond acceptors (Lipinski definition) is 3. The second-order valence-corrected chi connectivity index (χ2v) is 5.31. The van der Waals surface area contributed by atoms with Crippen LogP contribution in [0, 0.1) is 0 Å². The Bertz CT molecular complexity index is 359. The summed E-state index contributed by atoms with van der Waals surface area (Å²) >= 11 is 0. The molecule has 2 rings (SSSR count). The molecule has 1 aliphatic carbocycles. The molecule has 0 aromatic carbocycles. The minimum atomic E-state index is -0.137. The van der Waals surface area contributed by atoms with E-state index in [1.165, 1.54) is 17.7 Å². The molecule has 0 N–H and O–H groups in total. The molecule has 0 atom stereocenters. The van der Waals surface area contributed by atoms with E-state index in [2.05, 4.69) is 0 Å². The van der Waals surface area contributed by atoms with Crippen LogP contribution < -0.4 is 0 Å². The molecular weight excluding hydrogens is 244 g/mol. The van der Waals surface area contributed by atoms with Crippen molar-refractivity contribution in [1.82, 2.24) is 9.80 Å². The summed E-state index contributed by atoms with van der Waals surface area (Å²) in [6.45, 7) is 2.95. The topological polar surface area (TPSA) is 57.7 Å². The summed E-state index contributed by atoms with van der Waals surface area (Å²) in [6.07, 6.45) is 5.42. The predicted octanol–water partition coefficient (Wildman–Crippen LogP) is 1.32. The SMILES string of the molecule is CCN(C(=O)CCN1C(=O)CCC1=O)C1CCCC1. The van der Waals surface area contributed by atoms with E-state index >= 15 is 0 Å². The van der Waals surface area contributed by atoms with Gasteiger partial charge in [-0.2, -0.15) is 0 Å². The fourth-order valence-electron chi connectivity index (χ4n) is 3.08. The summed E-state index contributed by atoms with van der Waals surface area (Å²) < 4.78 is 0. The van der Waals surface area contributed by atoms with Crippen molar-refractivity contribution < 1.29 is 14.4 Å². The molecule has 5 nitrogen and oxygen atoms in total. The zero-order chi connectivity index (χ0) is 13.8. The first-order valence-electron chi connectivity index (χ1n) is 7.26. The van der Waals surface area contributed by atoms with Gasteiger partial charge in [-0.1, -0.05) is 12.8 Å². The van der Waals surface area contributed by atoms with Crippen molar-refractivity contribution in [2.45, 2.75) is 57.9 Å². The molecule has 2 aliphatic rings. The number of hydrogen-bond donors (Lipinski definition) is 0. The molecule has 0 aromatic heterocycles. The lowest BCUT2D eigenvalue weighted by atomic mass is 10.2. The fraction of sp³-hybridized carbons (Fsp3) is 0.786. The van der Waals surface area contributed by atoms with Gasteiger partial charge in [-0.3, -0.25) is 19.3 Å². The van der Waals surface area contributed by atoms with Crippen LogP contribution >= 0.6 is 0 Å². The van der Waals surface area contributed by atoms with Gasteiger partial charge in [0.05, 0.1) is 0 Å². The van der Waals surface area contributed by atoms with Crippen LogP contribution in [-0.2, 0) is 14.4 Å². The van der Waals surface area contributed by atoms with E-state index in [-0.39, 0.29) is 30.7 Å². The van der Waals surface area contributed by atoms with E-state index in [0.717, 1.165) is 12.8 Å². The van der Waals surface area contributed by atoms with Gasteiger partial charge in [0.1, 0.15) is 0 Å². The molecule has 5 heteroatoms. The van der Waals surface area contributed by atoms with Crippen LogP contribution in [0.2, 0.25) is 0 Å². The largest absolute Gasteiger partial charge is 0.340 e. The summed E-state index contributed by atoms with van der Waals surface area (Å²) in [5.74, 6) is -0.203. The zero-order valence-electron chi connectivity index (χ0n) is 11.6. The molecule has 2 fully saturated rings. The number of amides is 3. The first kappa shape index (κ1) is 14.0. The number of imide groups is 1. The van der Waals surface area contributed by atoms with Gasteiger partial charge in [0.15, 0.2) is 0 Å². The molecule has 3 amide bonds. The van der Waals surface area contributed by atoms with Crippen LogP contribution in [0.1, 0.15) is 51.9 Å². The second kappa shape index (κ2) is 6.17. The predicted molar refractivity (Wildman–Crippen MR) is 70.2 cm³/mol. The molecular formula is C14H22N2O3. The van der Waals surface area contributed by atoms with Crippen LogP contribution in [-0.4, -0.2) is 46.7 Å². The van der Waals surface area contributed by atoms with Gasteiger partial charge in [-0.25, -0.2) is 0 Å². The van der Waals surface area contributed by atoms with Crippen molar-refractivity contribution in [3.05, 3.63) is 0 Å². The third kappa shape index (κ3) is 3.14. The summed E-state index contributed by atoms with van der Waals surface area (Å²) in [5.41, 5.74) is 0. The van der Waals surface area contributed by atoms with Crippen molar-refractivity contribution in [2.75, 3.05) is 13.1 Å². The number of carbonyl (C=O) groups excluding carboxylic acids is 3. The van der Waals surface area contributed by atoms with E-state index in [0.29, 0.717) is 25.4 Å². The standard InChI is InChI=1S/C14H22N2O3/c1-2-15(11-5-3-4-6-11)14(19)9-10-16-12(17)7-8-13(16)18/h11H,2-10H2,1H3. The van der Waals surface area contributed by atoms with E-state index in [1.807, 2.05) is 11.8 Å². The Hall–Kier alpha value is -1.39.